The maximum atomic E-state index is 12.8. The summed E-state index contributed by atoms with van der Waals surface area (Å²) < 4.78 is 5.70. The van der Waals surface area contributed by atoms with Gasteiger partial charge in [0.1, 0.15) is 5.75 Å². The van der Waals surface area contributed by atoms with Crippen molar-refractivity contribution in [2.75, 3.05) is 13.2 Å². The second kappa shape index (κ2) is 9.47. The highest BCUT2D eigenvalue weighted by atomic mass is 16.5. The summed E-state index contributed by atoms with van der Waals surface area (Å²) in [6.45, 7) is 3.56. The van der Waals surface area contributed by atoms with E-state index in [0.29, 0.717) is 30.9 Å². The first-order valence-electron chi connectivity index (χ1n) is 10.5. The van der Waals surface area contributed by atoms with E-state index in [-0.39, 0.29) is 24.3 Å². The van der Waals surface area contributed by atoms with Crippen molar-refractivity contribution in [2.45, 2.75) is 25.9 Å². The fourth-order valence-electron chi connectivity index (χ4n) is 3.70. The third-order valence-corrected chi connectivity index (χ3v) is 5.54. The van der Waals surface area contributed by atoms with Gasteiger partial charge in [-0.15, -0.1) is 0 Å². The van der Waals surface area contributed by atoms with Crippen LogP contribution < -0.4 is 10.1 Å². The molecule has 0 unspecified atom stereocenters. The van der Waals surface area contributed by atoms with E-state index in [4.69, 9.17) is 4.74 Å². The van der Waals surface area contributed by atoms with Crippen molar-refractivity contribution in [1.29, 1.82) is 0 Å². The third kappa shape index (κ3) is 5.12. The second-order valence-corrected chi connectivity index (χ2v) is 7.87. The van der Waals surface area contributed by atoms with Gasteiger partial charge < -0.3 is 15.0 Å². The molecule has 1 aliphatic rings. The van der Waals surface area contributed by atoms with Crippen LogP contribution in [0.3, 0.4) is 0 Å². The van der Waals surface area contributed by atoms with Gasteiger partial charge in [0.15, 0.2) is 6.61 Å². The number of hydrogen-bond donors (Lipinski definition) is 1. The van der Waals surface area contributed by atoms with E-state index in [1.165, 1.54) is 5.56 Å². The van der Waals surface area contributed by atoms with E-state index in [2.05, 4.69) is 24.4 Å². The summed E-state index contributed by atoms with van der Waals surface area (Å²) in [7, 11) is 0. The zero-order valence-electron chi connectivity index (χ0n) is 17.6. The molecule has 0 radical (unpaired) electrons. The molecule has 0 aliphatic carbocycles. The molecule has 3 aromatic carbocycles. The van der Waals surface area contributed by atoms with E-state index in [0.717, 1.165) is 11.1 Å². The number of carbonyl (C=O) groups is 2. The third-order valence-electron chi connectivity index (χ3n) is 5.54. The lowest BCUT2D eigenvalue weighted by Crippen LogP contribution is -2.32. The van der Waals surface area contributed by atoms with Crippen molar-refractivity contribution >= 4 is 11.8 Å². The summed E-state index contributed by atoms with van der Waals surface area (Å²) in [5.74, 6) is 0.671. The number of amides is 2. The zero-order chi connectivity index (χ0) is 21.6. The van der Waals surface area contributed by atoms with Gasteiger partial charge in [0, 0.05) is 30.8 Å². The van der Waals surface area contributed by atoms with Gasteiger partial charge in [-0.25, -0.2) is 0 Å². The van der Waals surface area contributed by atoms with Crippen LogP contribution in [0.15, 0.2) is 78.9 Å². The molecule has 0 bridgehead atoms. The lowest BCUT2D eigenvalue weighted by atomic mass is 10.0. The van der Waals surface area contributed by atoms with Crippen molar-refractivity contribution in [3.8, 4) is 5.75 Å². The molecule has 5 heteroatoms. The maximum Gasteiger partial charge on any atom is 0.261 e. The molecule has 0 fully saturated rings. The number of ether oxygens (including phenoxy) is 1. The Hall–Kier alpha value is -3.60. The van der Waals surface area contributed by atoms with Crippen LogP contribution >= 0.6 is 0 Å². The van der Waals surface area contributed by atoms with Gasteiger partial charge in [0.2, 0.25) is 0 Å². The molecular formula is C26H26N2O3. The average Bonchev–Trinajstić information content (AvgIpc) is 2.96. The van der Waals surface area contributed by atoms with E-state index in [1.807, 2.05) is 54.6 Å². The normalized spacial score (nSPS) is 14.2. The number of rotatable bonds is 6. The van der Waals surface area contributed by atoms with Crippen LogP contribution in [0.2, 0.25) is 0 Å². The van der Waals surface area contributed by atoms with Crippen LogP contribution in [0, 0.1) is 0 Å². The molecule has 1 atom stereocenters. The Morgan fingerprint density at radius 3 is 2.48 bits per heavy atom. The molecule has 0 spiro atoms. The molecule has 3 aromatic rings. The van der Waals surface area contributed by atoms with Gasteiger partial charge in [-0.1, -0.05) is 67.6 Å². The first-order valence-corrected chi connectivity index (χ1v) is 10.5. The highest BCUT2D eigenvalue weighted by Crippen LogP contribution is 2.26. The van der Waals surface area contributed by atoms with E-state index in [1.54, 1.807) is 17.0 Å². The molecule has 158 valence electrons. The minimum absolute atomic E-state index is 0.0000327. The van der Waals surface area contributed by atoms with Gasteiger partial charge in [-0.05, 0) is 35.2 Å². The Morgan fingerprint density at radius 2 is 1.74 bits per heavy atom. The Bertz CT molecular complexity index is 1050. The highest BCUT2D eigenvalue weighted by molar-refractivity contribution is 5.94. The van der Waals surface area contributed by atoms with Gasteiger partial charge >= 0.3 is 0 Å². The summed E-state index contributed by atoms with van der Waals surface area (Å²) in [5.41, 5.74) is 3.65. The number of nitrogens with one attached hydrogen (secondary N) is 1. The lowest BCUT2D eigenvalue weighted by Gasteiger charge is -2.20. The maximum absolute atomic E-state index is 12.8. The summed E-state index contributed by atoms with van der Waals surface area (Å²) in [6.07, 6.45) is 0. The molecule has 1 aliphatic heterocycles. The Balaban J connectivity index is 1.45. The average molecular weight is 415 g/mol. The SMILES string of the molecule is C[C@H](CNC(=O)c1ccc2c(c1)CN(Cc1ccccc1)C(=O)CO2)c1ccccc1. The molecule has 1 N–H and O–H groups in total. The number of hydrogen-bond acceptors (Lipinski definition) is 3. The molecule has 31 heavy (non-hydrogen) atoms. The van der Waals surface area contributed by atoms with Crippen molar-refractivity contribution in [3.05, 3.63) is 101 Å². The molecule has 0 saturated heterocycles. The molecule has 0 aromatic heterocycles. The fraction of sp³-hybridized carbons (Fsp3) is 0.231. The molecule has 0 saturated carbocycles. The summed E-state index contributed by atoms with van der Waals surface area (Å²) in [5, 5.41) is 3.02. The van der Waals surface area contributed by atoms with Crippen LogP contribution in [-0.4, -0.2) is 29.9 Å². The van der Waals surface area contributed by atoms with Crippen LogP contribution in [-0.2, 0) is 17.9 Å². The van der Waals surface area contributed by atoms with Crippen molar-refractivity contribution in [1.82, 2.24) is 10.2 Å². The Kier molecular flexibility index (Phi) is 6.32. The predicted octanol–water partition coefficient (Wildman–Crippen LogP) is 4.14. The summed E-state index contributed by atoms with van der Waals surface area (Å²) >= 11 is 0. The van der Waals surface area contributed by atoms with Crippen molar-refractivity contribution < 1.29 is 14.3 Å². The molecule has 5 nitrogen and oxygen atoms in total. The Labute approximate surface area is 182 Å². The van der Waals surface area contributed by atoms with E-state index >= 15 is 0 Å². The van der Waals surface area contributed by atoms with Crippen LogP contribution in [0.5, 0.6) is 5.75 Å². The van der Waals surface area contributed by atoms with Gasteiger partial charge in [0.25, 0.3) is 11.8 Å². The quantitative estimate of drug-likeness (QED) is 0.660. The first-order chi connectivity index (χ1) is 15.1. The van der Waals surface area contributed by atoms with Crippen LogP contribution in [0.25, 0.3) is 0 Å². The number of nitrogens with zero attached hydrogens (tertiary/aromatic N) is 1. The number of benzene rings is 3. The van der Waals surface area contributed by atoms with Crippen LogP contribution in [0.1, 0.15) is 39.9 Å². The first kappa shape index (κ1) is 20.7. The van der Waals surface area contributed by atoms with Gasteiger partial charge in [-0.3, -0.25) is 9.59 Å². The summed E-state index contributed by atoms with van der Waals surface area (Å²) in [4.78, 5) is 27.1. The van der Waals surface area contributed by atoms with Crippen LogP contribution in [0.4, 0.5) is 0 Å². The lowest BCUT2D eigenvalue weighted by molar-refractivity contribution is -0.133. The fourth-order valence-corrected chi connectivity index (χ4v) is 3.70. The minimum Gasteiger partial charge on any atom is -0.483 e. The minimum atomic E-state index is -0.129. The standard InChI is InChI=1S/C26H26N2O3/c1-19(21-10-6-3-7-11-21)15-27-26(30)22-12-13-24-23(14-22)17-28(25(29)18-31-24)16-20-8-4-2-5-9-20/h2-14,19H,15-18H2,1H3,(H,27,30)/t19-/m1/s1. The van der Waals surface area contributed by atoms with Gasteiger partial charge in [0.05, 0.1) is 0 Å². The molecular weight excluding hydrogens is 388 g/mol. The van der Waals surface area contributed by atoms with Crippen molar-refractivity contribution in [3.63, 3.8) is 0 Å². The smallest absolute Gasteiger partial charge is 0.261 e. The number of fused-ring (bicyclic) bond motifs is 1. The number of carbonyl (C=O) groups excluding carboxylic acids is 2. The zero-order valence-corrected chi connectivity index (χ0v) is 17.6. The van der Waals surface area contributed by atoms with E-state index in [9.17, 15) is 9.59 Å². The highest BCUT2D eigenvalue weighted by Gasteiger charge is 2.23. The molecule has 1 heterocycles. The Morgan fingerprint density at radius 1 is 1.03 bits per heavy atom. The molecule has 2 amide bonds. The van der Waals surface area contributed by atoms with Gasteiger partial charge in [-0.2, -0.15) is 0 Å². The molecule has 4 rings (SSSR count). The predicted molar refractivity (Wildman–Crippen MR) is 120 cm³/mol. The second-order valence-electron chi connectivity index (χ2n) is 7.87. The van der Waals surface area contributed by atoms with Crippen molar-refractivity contribution in [2.24, 2.45) is 0 Å². The monoisotopic (exact) mass is 414 g/mol. The van der Waals surface area contributed by atoms with E-state index < -0.39 is 0 Å². The largest absolute Gasteiger partial charge is 0.483 e. The summed E-state index contributed by atoms with van der Waals surface area (Å²) in [6, 6.07) is 25.3. The topological polar surface area (TPSA) is 58.6 Å².